The van der Waals surface area contributed by atoms with Gasteiger partial charge in [0.05, 0.1) is 35.5 Å². The molecule has 0 aliphatic heterocycles. The molecule has 208 valence electrons. The maximum atomic E-state index is 13.5. The average molecular weight is 549 g/mol. The van der Waals surface area contributed by atoms with Gasteiger partial charge in [0, 0.05) is 24.3 Å². The highest BCUT2D eigenvalue weighted by molar-refractivity contribution is 5.96. The lowest BCUT2D eigenvalue weighted by atomic mass is 10.1. The molecule has 0 fully saturated rings. The van der Waals surface area contributed by atoms with Crippen LogP contribution in [-0.4, -0.2) is 51.5 Å². The Labute approximate surface area is 231 Å². The average Bonchev–Trinajstić information content (AvgIpc) is 2.99. The van der Waals surface area contributed by atoms with E-state index >= 15 is 0 Å². The van der Waals surface area contributed by atoms with Gasteiger partial charge in [-0.2, -0.15) is 9.97 Å². The van der Waals surface area contributed by atoms with Crippen molar-refractivity contribution in [1.29, 1.82) is 0 Å². The van der Waals surface area contributed by atoms with Crippen molar-refractivity contribution in [3.63, 3.8) is 0 Å². The SMILES string of the molecule is COc1ccc(COC(=O)c2c(Oc3cc(OC)cc(OC)n3)cccc2Oc2cc(OC)cc(OC)n2)cc1. The number of pyridine rings is 2. The van der Waals surface area contributed by atoms with Crippen LogP contribution in [0.4, 0.5) is 0 Å². The van der Waals surface area contributed by atoms with Crippen molar-refractivity contribution in [2.45, 2.75) is 6.61 Å². The molecule has 2 aromatic carbocycles. The Morgan fingerprint density at radius 1 is 0.600 bits per heavy atom. The highest BCUT2D eigenvalue weighted by atomic mass is 16.5. The maximum absolute atomic E-state index is 13.5. The van der Waals surface area contributed by atoms with Crippen LogP contribution in [0.15, 0.2) is 66.7 Å². The molecule has 0 bridgehead atoms. The quantitative estimate of drug-likeness (QED) is 0.210. The normalized spacial score (nSPS) is 10.3. The second-order valence-electron chi connectivity index (χ2n) is 8.03. The molecule has 0 atom stereocenters. The Hall–Kier alpha value is -5.19. The van der Waals surface area contributed by atoms with Gasteiger partial charge in [0.15, 0.2) is 0 Å². The van der Waals surface area contributed by atoms with Gasteiger partial charge in [0.25, 0.3) is 0 Å². The topological polar surface area (TPSA) is 117 Å². The first kappa shape index (κ1) is 27.8. The van der Waals surface area contributed by atoms with E-state index in [-0.39, 0.29) is 47.2 Å². The molecule has 4 aromatic rings. The van der Waals surface area contributed by atoms with E-state index in [2.05, 4.69) is 9.97 Å². The zero-order valence-corrected chi connectivity index (χ0v) is 22.6. The fourth-order valence-electron chi connectivity index (χ4n) is 3.52. The maximum Gasteiger partial charge on any atom is 0.346 e. The smallest absolute Gasteiger partial charge is 0.346 e. The molecule has 0 spiro atoms. The predicted octanol–water partition coefficient (Wildman–Crippen LogP) is 5.46. The zero-order chi connectivity index (χ0) is 28.5. The highest BCUT2D eigenvalue weighted by Crippen LogP contribution is 2.37. The van der Waals surface area contributed by atoms with Gasteiger partial charge < -0.3 is 37.9 Å². The Morgan fingerprint density at radius 2 is 1.07 bits per heavy atom. The number of aromatic nitrogens is 2. The summed E-state index contributed by atoms with van der Waals surface area (Å²) in [5.41, 5.74) is 0.761. The fourth-order valence-corrected chi connectivity index (χ4v) is 3.52. The molecule has 40 heavy (non-hydrogen) atoms. The molecule has 0 N–H and O–H groups in total. The number of carbonyl (C=O) groups excluding carboxylic acids is 1. The van der Waals surface area contributed by atoms with Crippen molar-refractivity contribution < 1.29 is 42.7 Å². The summed E-state index contributed by atoms with van der Waals surface area (Å²) in [6.07, 6.45) is 0. The van der Waals surface area contributed by atoms with E-state index < -0.39 is 5.97 Å². The number of benzene rings is 2. The van der Waals surface area contributed by atoms with Crippen molar-refractivity contribution >= 4 is 5.97 Å². The molecule has 4 rings (SSSR count). The first-order valence-corrected chi connectivity index (χ1v) is 11.9. The van der Waals surface area contributed by atoms with Gasteiger partial charge in [0.1, 0.15) is 40.9 Å². The molecule has 2 aromatic heterocycles. The first-order chi connectivity index (χ1) is 19.5. The third-order valence-corrected chi connectivity index (χ3v) is 5.54. The summed E-state index contributed by atoms with van der Waals surface area (Å²) in [4.78, 5) is 22.1. The van der Waals surface area contributed by atoms with E-state index in [0.717, 1.165) is 5.56 Å². The van der Waals surface area contributed by atoms with Crippen LogP contribution in [0.1, 0.15) is 15.9 Å². The summed E-state index contributed by atoms with van der Waals surface area (Å²) in [5, 5.41) is 0. The monoisotopic (exact) mass is 548 g/mol. The van der Waals surface area contributed by atoms with Crippen molar-refractivity contribution in [1.82, 2.24) is 9.97 Å². The largest absolute Gasteiger partial charge is 0.497 e. The van der Waals surface area contributed by atoms with Crippen LogP contribution in [0, 0.1) is 0 Å². The fraction of sp³-hybridized carbons (Fsp3) is 0.207. The summed E-state index contributed by atoms with van der Waals surface area (Å²) in [7, 11) is 7.52. The third kappa shape index (κ3) is 6.81. The second kappa shape index (κ2) is 13.1. The van der Waals surface area contributed by atoms with E-state index in [1.807, 2.05) is 0 Å². The van der Waals surface area contributed by atoms with Gasteiger partial charge in [-0.25, -0.2) is 4.79 Å². The van der Waals surface area contributed by atoms with Crippen molar-refractivity contribution in [3.8, 4) is 52.3 Å². The molecule has 0 unspecified atom stereocenters. The van der Waals surface area contributed by atoms with Gasteiger partial charge in [0.2, 0.25) is 23.5 Å². The molecule has 0 saturated carbocycles. The second-order valence-corrected chi connectivity index (χ2v) is 8.03. The number of esters is 1. The standard InChI is InChI=1S/C29H28N2O9/c1-33-19-11-9-18(10-12-19)17-38-29(32)28-22(39-26-15-20(34-2)13-24(30-26)36-4)7-6-8-23(28)40-27-16-21(35-3)14-25(31-27)37-5/h6-16H,17H2,1-5H3. The van der Waals surface area contributed by atoms with Gasteiger partial charge >= 0.3 is 5.97 Å². The summed E-state index contributed by atoms with van der Waals surface area (Å²) in [6.45, 7) is -0.00688. The lowest BCUT2D eigenvalue weighted by Crippen LogP contribution is -2.09. The van der Waals surface area contributed by atoms with Crippen LogP contribution < -0.4 is 33.2 Å². The number of rotatable bonds is 12. The molecule has 0 aliphatic rings. The van der Waals surface area contributed by atoms with Crippen molar-refractivity contribution in [2.24, 2.45) is 0 Å². The van der Waals surface area contributed by atoms with Gasteiger partial charge in [-0.05, 0) is 29.8 Å². The number of hydrogen-bond acceptors (Lipinski definition) is 11. The highest BCUT2D eigenvalue weighted by Gasteiger charge is 2.23. The van der Waals surface area contributed by atoms with E-state index in [1.165, 1.54) is 28.4 Å². The minimum Gasteiger partial charge on any atom is -0.497 e. The van der Waals surface area contributed by atoms with Gasteiger partial charge in [-0.15, -0.1) is 0 Å². The Morgan fingerprint density at radius 3 is 1.52 bits per heavy atom. The number of ether oxygens (including phenoxy) is 8. The third-order valence-electron chi connectivity index (χ3n) is 5.54. The molecule has 0 aliphatic carbocycles. The zero-order valence-electron chi connectivity index (χ0n) is 22.6. The van der Waals surface area contributed by atoms with Crippen LogP contribution in [0.2, 0.25) is 0 Å². The van der Waals surface area contributed by atoms with Crippen molar-refractivity contribution in [3.05, 3.63) is 77.9 Å². The molecular weight excluding hydrogens is 520 g/mol. The minimum atomic E-state index is -0.703. The van der Waals surface area contributed by atoms with Crippen molar-refractivity contribution in [2.75, 3.05) is 35.5 Å². The molecule has 0 radical (unpaired) electrons. The lowest BCUT2D eigenvalue weighted by molar-refractivity contribution is 0.0466. The summed E-state index contributed by atoms with van der Waals surface area (Å²) >= 11 is 0. The van der Waals surface area contributed by atoms with Gasteiger partial charge in [-0.1, -0.05) is 18.2 Å². The Balaban J connectivity index is 1.71. The molecule has 11 heteroatoms. The molecule has 0 amide bonds. The van der Waals surface area contributed by atoms with Crippen LogP contribution in [-0.2, 0) is 11.3 Å². The Bertz CT molecular complexity index is 1340. The van der Waals surface area contributed by atoms with Gasteiger partial charge in [-0.3, -0.25) is 0 Å². The van der Waals surface area contributed by atoms with E-state index in [9.17, 15) is 4.79 Å². The summed E-state index contributed by atoms with van der Waals surface area (Å²) < 4.78 is 44.0. The molecule has 11 nitrogen and oxygen atoms in total. The molecular formula is C29H28N2O9. The summed E-state index contributed by atoms with van der Waals surface area (Å²) in [5.74, 6) is 1.90. The van der Waals surface area contributed by atoms with E-state index in [0.29, 0.717) is 17.2 Å². The lowest BCUT2D eigenvalue weighted by Gasteiger charge is -2.16. The van der Waals surface area contributed by atoms with Crippen LogP contribution in [0.25, 0.3) is 0 Å². The number of methoxy groups -OCH3 is 5. The van der Waals surface area contributed by atoms with Crippen LogP contribution in [0.5, 0.6) is 52.3 Å². The number of nitrogens with zero attached hydrogens (tertiary/aromatic N) is 2. The predicted molar refractivity (Wildman–Crippen MR) is 143 cm³/mol. The van der Waals surface area contributed by atoms with Crippen LogP contribution in [0.3, 0.4) is 0 Å². The summed E-state index contributed by atoms with van der Waals surface area (Å²) in [6, 6.07) is 18.3. The minimum absolute atomic E-state index is 0.00295. The number of hydrogen-bond donors (Lipinski definition) is 0. The Kier molecular flexibility index (Phi) is 9.08. The van der Waals surface area contributed by atoms with Crippen LogP contribution >= 0.6 is 0 Å². The van der Waals surface area contributed by atoms with E-state index in [4.69, 9.17) is 37.9 Å². The van der Waals surface area contributed by atoms with E-state index in [1.54, 1.807) is 73.8 Å². The molecule has 0 saturated heterocycles. The number of carbonyl (C=O) groups is 1. The molecule has 2 heterocycles. The first-order valence-electron chi connectivity index (χ1n) is 11.9.